The van der Waals surface area contributed by atoms with Crippen LogP contribution in [0.25, 0.3) is 0 Å². The molecule has 0 fully saturated rings. The molecule has 9 heteroatoms. The molecule has 0 atom stereocenters. The van der Waals surface area contributed by atoms with Gasteiger partial charge in [-0.25, -0.2) is 0 Å². The molecule has 0 amide bonds. The number of phenolic OH excluding ortho intramolecular Hbond substituents is 1. The number of phenols is 1. The van der Waals surface area contributed by atoms with Gasteiger partial charge in [0, 0.05) is 18.4 Å². The first-order chi connectivity index (χ1) is 13.4. The van der Waals surface area contributed by atoms with Gasteiger partial charge < -0.3 is 19.7 Å². The van der Waals surface area contributed by atoms with Gasteiger partial charge in [0.2, 0.25) is 0 Å². The molecule has 0 spiro atoms. The molecule has 2 rings (SSSR count). The Morgan fingerprint density at radius 2 is 1.69 bits per heavy atom. The normalized spacial score (nSPS) is 11.5. The molecule has 5 nitrogen and oxygen atoms in total. The Kier molecular flexibility index (Phi) is 6.18. The number of anilines is 2. The summed E-state index contributed by atoms with van der Waals surface area (Å²) in [5, 5.41) is 18.5. The summed E-state index contributed by atoms with van der Waals surface area (Å²) >= 11 is 5.49. The van der Waals surface area contributed by atoms with Crippen LogP contribution in [0.15, 0.2) is 42.5 Å². The summed E-state index contributed by atoms with van der Waals surface area (Å²) in [6.07, 6.45) is -4.04. The molecule has 0 heterocycles. The maximum atomic E-state index is 13.3. The topological polar surface area (TPSA) is 67.6 Å². The third kappa shape index (κ3) is 4.66. The number of hydrogen-bond acceptors (Lipinski definition) is 4. The molecule has 0 aliphatic heterocycles. The van der Waals surface area contributed by atoms with Crippen molar-refractivity contribution in [2.75, 3.05) is 16.8 Å². The van der Waals surface area contributed by atoms with Crippen LogP contribution in [0.1, 0.15) is 25.0 Å². The Hall–Kier alpha value is -3.12. The number of aldehydes is 1. The van der Waals surface area contributed by atoms with Crippen molar-refractivity contribution in [1.29, 1.82) is 5.26 Å². The molecule has 2 aromatic rings. The van der Waals surface area contributed by atoms with E-state index >= 15 is 0 Å². The maximum absolute atomic E-state index is 13.3. The number of halogens is 3. The predicted octanol–water partition coefficient (Wildman–Crippen LogP) is 4.49. The van der Waals surface area contributed by atoms with E-state index in [9.17, 15) is 23.1 Å². The highest BCUT2D eigenvalue weighted by atomic mass is 32.1. The first kappa shape index (κ1) is 22.2. The smallest absolute Gasteiger partial charge is 0.417 e. The minimum absolute atomic E-state index is 0.0128. The van der Waals surface area contributed by atoms with Gasteiger partial charge in [0.1, 0.15) is 12.0 Å². The summed E-state index contributed by atoms with van der Waals surface area (Å²) < 4.78 is 39.9. The molecule has 0 aromatic heterocycles. The lowest BCUT2D eigenvalue weighted by atomic mass is 10.0. The zero-order chi connectivity index (χ0) is 22.0. The van der Waals surface area contributed by atoms with E-state index in [0.29, 0.717) is 12.0 Å². The lowest BCUT2D eigenvalue weighted by molar-refractivity contribution is -0.137. The first-order valence-corrected chi connectivity index (χ1v) is 8.78. The summed E-state index contributed by atoms with van der Waals surface area (Å²) in [5.41, 5.74) is -2.11. The first-order valence-electron chi connectivity index (χ1n) is 8.37. The van der Waals surface area contributed by atoms with Gasteiger partial charge in [-0.1, -0.05) is 0 Å². The van der Waals surface area contributed by atoms with E-state index in [1.165, 1.54) is 41.1 Å². The number of aromatic hydroxyl groups is 1. The number of benzene rings is 2. The van der Waals surface area contributed by atoms with Gasteiger partial charge in [0.05, 0.1) is 22.7 Å². The zero-order valence-corrected chi connectivity index (χ0v) is 16.7. The van der Waals surface area contributed by atoms with Crippen molar-refractivity contribution >= 4 is 35.0 Å². The maximum Gasteiger partial charge on any atom is 0.417 e. The molecule has 1 N–H and O–H groups in total. The summed E-state index contributed by atoms with van der Waals surface area (Å²) in [6.45, 7) is 3.21. The Morgan fingerprint density at radius 3 is 2.17 bits per heavy atom. The van der Waals surface area contributed by atoms with E-state index in [2.05, 4.69) is 0 Å². The van der Waals surface area contributed by atoms with E-state index < -0.39 is 22.8 Å². The van der Waals surface area contributed by atoms with Crippen LogP contribution in [0.4, 0.5) is 24.5 Å². The van der Waals surface area contributed by atoms with Crippen molar-refractivity contribution in [3.63, 3.8) is 0 Å². The number of carbonyl (C=O) groups is 1. The van der Waals surface area contributed by atoms with E-state index in [4.69, 9.17) is 17.5 Å². The molecule has 0 aliphatic rings. The monoisotopic (exact) mass is 421 g/mol. The highest BCUT2D eigenvalue weighted by Crippen LogP contribution is 2.35. The van der Waals surface area contributed by atoms with Crippen molar-refractivity contribution in [2.24, 2.45) is 0 Å². The van der Waals surface area contributed by atoms with E-state index in [0.717, 1.165) is 12.1 Å². The number of alkyl halides is 3. The van der Waals surface area contributed by atoms with Crippen LogP contribution in [0.5, 0.6) is 5.75 Å². The van der Waals surface area contributed by atoms with Gasteiger partial charge in [0.15, 0.2) is 5.11 Å². The summed E-state index contributed by atoms with van der Waals surface area (Å²) in [4.78, 5) is 14.5. The Morgan fingerprint density at radius 1 is 1.14 bits per heavy atom. The van der Waals surface area contributed by atoms with E-state index in [1.54, 1.807) is 26.0 Å². The van der Waals surface area contributed by atoms with Crippen molar-refractivity contribution in [1.82, 2.24) is 0 Å². The Balaban J connectivity index is 2.53. The van der Waals surface area contributed by atoms with Crippen molar-refractivity contribution in [3.8, 4) is 11.8 Å². The second kappa shape index (κ2) is 8.09. The molecule has 0 saturated heterocycles. The minimum Gasteiger partial charge on any atom is -0.508 e. The molecule has 29 heavy (non-hydrogen) atoms. The fourth-order valence-electron chi connectivity index (χ4n) is 2.68. The predicted molar refractivity (Wildman–Crippen MR) is 108 cm³/mol. The fourth-order valence-corrected chi connectivity index (χ4v) is 3.12. The molecule has 0 saturated carbocycles. The molecule has 0 radical (unpaired) electrons. The molecule has 0 unspecified atom stereocenters. The van der Waals surface area contributed by atoms with Gasteiger partial charge in [-0.05, 0) is 68.5 Å². The van der Waals surface area contributed by atoms with Gasteiger partial charge in [-0.15, -0.1) is 0 Å². The molecule has 0 aliphatic carbocycles. The number of rotatable bonds is 4. The SMILES string of the molecule is CN(C(=S)N(c1ccc(O)cc1)C(C)(C)C=O)c1ccc(C#N)c(C(F)(F)F)c1. The number of thiocarbonyl (C=S) groups is 1. The lowest BCUT2D eigenvalue weighted by Gasteiger charge is -2.39. The quantitative estimate of drug-likeness (QED) is 0.580. The number of nitriles is 1. The van der Waals surface area contributed by atoms with Gasteiger partial charge in [-0.3, -0.25) is 0 Å². The number of nitrogens with zero attached hydrogens (tertiary/aromatic N) is 3. The van der Waals surface area contributed by atoms with Crippen LogP contribution in [-0.4, -0.2) is 29.1 Å². The summed E-state index contributed by atoms with van der Waals surface area (Å²) in [6, 6.07) is 10.7. The number of hydrogen-bond donors (Lipinski definition) is 1. The van der Waals surface area contributed by atoms with Crippen LogP contribution >= 0.6 is 12.2 Å². The highest BCUT2D eigenvalue weighted by Gasteiger charge is 2.35. The van der Waals surface area contributed by atoms with Crippen molar-refractivity contribution in [2.45, 2.75) is 25.6 Å². The second-order valence-corrected chi connectivity index (χ2v) is 7.17. The average Bonchev–Trinajstić information content (AvgIpc) is 2.67. The molecular weight excluding hydrogens is 403 g/mol. The standard InChI is InChI=1S/C20H18F3N3O2S/c1-19(2,12-27)26(14-6-8-16(28)9-7-14)18(29)25(3)15-5-4-13(11-24)17(10-15)20(21,22)23/h4-10,12,28H,1-3H3. The van der Waals surface area contributed by atoms with Crippen LogP contribution < -0.4 is 9.80 Å². The van der Waals surface area contributed by atoms with Crippen LogP contribution in [0, 0.1) is 11.3 Å². The van der Waals surface area contributed by atoms with Crippen LogP contribution in [0.3, 0.4) is 0 Å². The minimum atomic E-state index is -4.71. The lowest BCUT2D eigenvalue weighted by Crippen LogP contribution is -2.53. The summed E-state index contributed by atoms with van der Waals surface area (Å²) in [5.74, 6) is 0.0128. The fraction of sp³-hybridized carbons (Fsp3) is 0.250. The zero-order valence-electron chi connectivity index (χ0n) is 15.9. The van der Waals surface area contributed by atoms with Gasteiger partial charge >= 0.3 is 6.18 Å². The molecule has 152 valence electrons. The molecule has 2 aromatic carbocycles. The largest absolute Gasteiger partial charge is 0.508 e. The second-order valence-electron chi connectivity index (χ2n) is 6.80. The molecule has 0 bridgehead atoms. The van der Waals surface area contributed by atoms with Crippen molar-refractivity contribution < 1.29 is 23.1 Å². The third-order valence-electron chi connectivity index (χ3n) is 4.27. The average molecular weight is 421 g/mol. The Labute approximate surface area is 171 Å². The number of carbonyl (C=O) groups excluding carboxylic acids is 1. The third-order valence-corrected chi connectivity index (χ3v) is 4.72. The van der Waals surface area contributed by atoms with Crippen LogP contribution in [-0.2, 0) is 11.0 Å². The molecular formula is C20H18F3N3O2S. The van der Waals surface area contributed by atoms with E-state index in [1.807, 2.05) is 0 Å². The van der Waals surface area contributed by atoms with Crippen LogP contribution in [0.2, 0.25) is 0 Å². The van der Waals surface area contributed by atoms with E-state index in [-0.39, 0.29) is 16.5 Å². The van der Waals surface area contributed by atoms with Gasteiger partial charge in [-0.2, -0.15) is 18.4 Å². The highest BCUT2D eigenvalue weighted by molar-refractivity contribution is 7.80. The summed E-state index contributed by atoms with van der Waals surface area (Å²) in [7, 11) is 1.47. The van der Waals surface area contributed by atoms with Crippen molar-refractivity contribution in [3.05, 3.63) is 53.6 Å². The Bertz CT molecular complexity index is 966. The van der Waals surface area contributed by atoms with Gasteiger partial charge in [0.25, 0.3) is 0 Å².